The molecule has 2 aromatic carbocycles. The maximum atomic E-state index is 12.2. The van der Waals surface area contributed by atoms with Gasteiger partial charge in [-0.15, -0.1) is 0 Å². The first-order valence-electron chi connectivity index (χ1n) is 8.09. The lowest BCUT2D eigenvalue weighted by Gasteiger charge is -2.08. The largest absolute Gasteiger partial charge is 0.481 e. The number of benzene rings is 2. The number of rotatable bonds is 7. The average Bonchev–Trinajstić information content (AvgIpc) is 2.66. The predicted molar refractivity (Wildman–Crippen MR) is 105 cm³/mol. The van der Waals surface area contributed by atoms with Gasteiger partial charge in [-0.1, -0.05) is 24.3 Å². The van der Waals surface area contributed by atoms with Crippen molar-refractivity contribution in [1.82, 2.24) is 0 Å². The number of ether oxygens (including phenoxy) is 2. The topological polar surface area (TPSA) is 88.4 Å². The monoisotopic (exact) mass is 428 g/mol. The first kappa shape index (κ1) is 20.2. The molecule has 2 aromatic rings. The Labute approximate surface area is 165 Å². The van der Waals surface area contributed by atoms with Crippen LogP contribution in [0.2, 0.25) is 0 Å². The summed E-state index contributed by atoms with van der Waals surface area (Å²) in [6.45, 7) is 1.80. The van der Waals surface area contributed by atoms with Gasteiger partial charge in [0.2, 0.25) is 0 Å². The summed E-state index contributed by atoms with van der Waals surface area (Å²) < 4.78 is 10.8. The van der Waals surface area contributed by atoms with E-state index in [1.54, 1.807) is 49.4 Å². The fourth-order valence-corrected chi connectivity index (χ4v) is 2.61. The molecule has 0 aromatic heterocycles. The Balaban J connectivity index is 2.09. The molecule has 0 saturated carbocycles. The zero-order valence-electron chi connectivity index (χ0n) is 14.6. The van der Waals surface area contributed by atoms with Gasteiger partial charge < -0.3 is 14.8 Å². The lowest BCUT2D eigenvalue weighted by atomic mass is 10.1. The molecule has 0 fully saturated rings. The van der Waals surface area contributed by atoms with Gasteiger partial charge >= 0.3 is 5.97 Å². The van der Waals surface area contributed by atoms with Crippen LogP contribution in [0, 0.1) is 11.3 Å². The third kappa shape index (κ3) is 6.28. The first-order chi connectivity index (χ1) is 13.0. The van der Waals surface area contributed by atoms with Crippen molar-refractivity contribution in [2.45, 2.75) is 6.92 Å². The van der Waals surface area contributed by atoms with Crippen LogP contribution in [0.15, 0.2) is 58.6 Å². The third-order valence-electron chi connectivity index (χ3n) is 3.31. The molecule has 0 radical (unpaired) electrons. The number of nitrogens with one attached hydrogen (secondary N) is 1. The minimum absolute atomic E-state index is 0.0362. The summed E-state index contributed by atoms with van der Waals surface area (Å²) in [5, 5.41) is 12.0. The maximum Gasteiger partial charge on any atom is 0.344 e. The van der Waals surface area contributed by atoms with Gasteiger partial charge in [0, 0.05) is 5.69 Å². The van der Waals surface area contributed by atoms with E-state index in [9.17, 15) is 14.9 Å². The summed E-state index contributed by atoms with van der Waals surface area (Å²) in [6.07, 6.45) is 1.47. The molecule has 138 valence electrons. The smallest absolute Gasteiger partial charge is 0.344 e. The highest BCUT2D eigenvalue weighted by molar-refractivity contribution is 9.10. The van der Waals surface area contributed by atoms with E-state index in [0.29, 0.717) is 21.5 Å². The van der Waals surface area contributed by atoms with E-state index in [1.807, 2.05) is 12.1 Å². The summed E-state index contributed by atoms with van der Waals surface area (Å²) in [4.78, 5) is 23.6. The quantitative estimate of drug-likeness (QED) is 0.409. The van der Waals surface area contributed by atoms with Crippen molar-refractivity contribution in [3.05, 3.63) is 64.1 Å². The molecule has 2 rings (SSSR count). The number of carbonyl (C=O) groups is 2. The molecule has 7 heteroatoms. The fourth-order valence-electron chi connectivity index (χ4n) is 2.10. The van der Waals surface area contributed by atoms with E-state index in [1.165, 1.54) is 6.08 Å². The Morgan fingerprint density at radius 3 is 2.59 bits per heavy atom. The van der Waals surface area contributed by atoms with Crippen LogP contribution in [0.5, 0.6) is 5.75 Å². The number of halogens is 1. The van der Waals surface area contributed by atoms with Gasteiger partial charge in [0.1, 0.15) is 17.4 Å². The average molecular weight is 429 g/mol. The Hall–Kier alpha value is -3.11. The zero-order chi connectivity index (χ0) is 19.6. The molecule has 0 aliphatic rings. The van der Waals surface area contributed by atoms with Crippen LogP contribution >= 0.6 is 15.9 Å². The van der Waals surface area contributed by atoms with E-state index in [-0.39, 0.29) is 18.8 Å². The molecule has 0 unspecified atom stereocenters. The van der Waals surface area contributed by atoms with Gasteiger partial charge in [-0.25, -0.2) is 4.79 Å². The molecule has 27 heavy (non-hydrogen) atoms. The van der Waals surface area contributed by atoms with Crippen molar-refractivity contribution < 1.29 is 19.1 Å². The summed E-state index contributed by atoms with van der Waals surface area (Å²) >= 11 is 3.35. The van der Waals surface area contributed by atoms with Crippen molar-refractivity contribution in [1.29, 1.82) is 5.26 Å². The third-order valence-corrected chi connectivity index (χ3v) is 3.93. The molecule has 0 spiro atoms. The molecule has 0 aliphatic carbocycles. The lowest BCUT2D eigenvalue weighted by molar-refractivity contribution is -0.145. The molecule has 0 atom stereocenters. The summed E-state index contributed by atoms with van der Waals surface area (Å²) in [7, 11) is 0. The van der Waals surface area contributed by atoms with E-state index < -0.39 is 11.9 Å². The van der Waals surface area contributed by atoms with Crippen molar-refractivity contribution in [2.24, 2.45) is 0 Å². The highest BCUT2D eigenvalue weighted by atomic mass is 79.9. The molecule has 1 amide bonds. The fraction of sp³-hybridized carbons (Fsp3) is 0.150. The lowest BCUT2D eigenvalue weighted by Crippen LogP contribution is -2.14. The van der Waals surface area contributed by atoms with Crippen LogP contribution in [0.4, 0.5) is 5.69 Å². The highest BCUT2D eigenvalue weighted by Gasteiger charge is 2.11. The van der Waals surface area contributed by atoms with Gasteiger partial charge in [0.05, 0.1) is 11.1 Å². The van der Waals surface area contributed by atoms with Crippen molar-refractivity contribution >= 4 is 39.6 Å². The van der Waals surface area contributed by atoms with Crippen LogP contribution < -0.4 is 10.1 Å². The van der Waals surface area contributed by atoms with Crippen LogP contribution in [0.3, 0.4) is 0 Å². The Morgan fingerprint density at radius 2 is 1.96 bits per heavy atom. The van der Waals surface area contributed by atoms with Crippen LogP contribution in [-0.4, -0.2) is 25.1 Å². The molecule has 0 bridgehead atoms. The van der Waals surface area contributed by atoms with Crippen LogP contribution in [-0.2, 0) is 14.3 Å². The first-order valence-corrected chi connectivity index (χ1v) is 8.89. The zero-order valence-corrected chi connectivity index (χ0v) is 16.2. The second-order valence-electron chi connectivity index (χ2n) is 5.27. The molecule has 0 aliphatic heterocycles. The van der Waals surface area contributed by atoms with E-state index >= 15 is 0 Å². The van der Waals surface area contributed by atoms with E-state index in [2.05, 4.69) is 21.2 Å². The standard InChI is InChI=1S/C20H17BrN2O4/c1-2-26-19(24)13-27-18-9-8-14(11-17(18)21)10-15(12-22)20(25)23-16-6-4-3-5-7-16/h3-11H,2,13H2,1H3,(H,23,25)/b15-10+. The minimum atomic E-state index is -0.498. The predicted octanol–water partition coefficient (Wildman–Crippen LogP) is 3.94. The summed E-state index contributed by atoms with van der Waals surface area (Å²) in [5.41, 5.74) is 1.20. The summed E-state index contributed by atoms with van der Waals surface area (Å²) in [6, 6.07) is 15.8. The minimum Gasteiger partial charge on any atom is -0.481 e. The van der Waals surface area contributed by atoms with Crippen molar-refractivity contribution in [3.63, 3.8) is 0 Å². The number of nitriles is 1. The van der Waals surface area contributed by atoms with E-state index in [4.69, 9.17) is 9.47 Å². The SMILES string of the molecule is CCOC(=O)COc1ccc(/C=C(\C#N)C(=O)Nc2ccccc2)cc1Br. The molecule has 0 saturated heterocycles. The number of nitrogens with zero attached hydrogens (tertiary/aromatic N) is 1. The number of hydrogen-bond donors (Lipinski definition) is 1. The Morgan fingerprint density at radius 1 is 1.22 bits per heavy atom. The summed E-state index contributed by atoms with van der Waals surface area (Å²) in [5.74, 6) is -0.507. The van der Waals surface area contributed by atoms with Gasteiger partial charge in [-0.3, -0.25) is 4.79 Å². The molecular formula is C20H17BrN2O4. The highest BCUT2D eigenvalue weighted by Crippen LogP contribution is 2.27. The Bertz CT molecular complexity index is 889. The van der Waals surface area contributed by atoms with Gasteiger partial charge in [0.15, 0.2) is 6.61 Å². The van der Waals surface area contributed by atoms with Crippen LogP contribution in [0.1, 0.15) is 12.5 Å². The van der Waals surface area contributed by atoms with Crippen molar-refractivity contribution in [3.8, 4) is 11.8 Å². The number of carbonyl (C=O) groups excluding carboxylic acids is 2. The normalized spacial score (nSPS) is 10.6. The van der Waals surface area contributed by atoms with E-state index in [0.717, 1.165) is 0 Å². The number of hydrogen-bond acceptors (Lipinski definition) is 5. The molecular weight excluding hydrogens is 412 g/mol. The Kier molecular flexibility index (Phi) is 7.59. The van der Waals surface area contributed by atoms with Crippen LogP contribution in [0.25, 0.3) is 6.08 Å². The number of para-hydroxylation sites is 1. The number of anilines is 1. The molecule has 1 N–H and O–H groups in total. The second-order valence-corrected chi connectivity index (χ2v) is 6.13. The van der Waals surface area contributed by atoms with Gasteiger partial charge in [0.25, 0.3) is 5.91 Å². The van der Waals surface area contributed by atoms with Crippen molar-refractivity contribution in [2.75, 3.05) is 18.5 Å². The molecule has 6 nitrogen and oxygen atoms in total. The second kappa shape index (κ2) is 10.1. The van der Waals surface area contributed by atoms with Gasteiger partial charge in [-0.05, 0) is 58.8 Å². The molecule has 0 heterocycles. The number of amides is 1. The number of esters is 1. The van der Waals surface area contributed by atoms with Gasteiger partial charge in [-0.2, -0.15) is 5.26 Å². The maximum absolute atomic E-state index is 12.2.